The first-order valence-electron chi connectivity index (χ1n) is 21.1. The predicted octanol–water partition coefficient (Wildman–Crippen LogP) is 14.8. The summed E-state index contributed by atoms with van der Waals surface area (Å²) in [5.41, 5.74) is 23.1. The van der Waals surface area contributed by atoms with Crippen LogP contribution in [0.1, 0.15) is 108 Å². The monoisotopic (exact) mass is 764 g/mol. The Bertz CT molecular complexity index is 2360. The SMILES string of the molecule is CCc1cccc(CC)c1N=C(C)C(C)=Nc1c(CC)cccc1CC.Cc1cc(C)c(N=C2C(=Nc3c(C)cc(C)cc3C)c3cccc4cccc2c34)c(C)c1. The van der Waals surface area contributed by atoms with Gasteiger partial charge < -0.3 is 0 Å². The van der Waals surface area contributed by atoms with Crippen LogP contribution in [-0.2, 0) is 25.7 Å². The highest BCUT2D eigenvalue weighted by atomic mass is 14.8. The van der Waals surface area contributed by atoms with E-state index in [4.69, 9.17) is 20.0 Å². The van der Waals surface area contributed by atoms with E-state index >= 15 is 0 Å². The Morgan fingerprint density at radius 3 is 1.03 bits per heavy atom. The molecule has 0 spiro atoms. The Morgan fingerprint density at radius 1 is 0.414 bits per heavy atom. The van der Waals surface area contributed by atoms with E-state index in [-0.39, 0.29) is 0 Å². The third-order valence-corrected chi connectivity index (χ3v) is 11.4. The molecule has 0 unspecified atom stereocenters. The first kappa shape index (κ1) is 41.9. The van der Waals surface area contributed by atoms with E-state index in [1.165, 1.54) is 77.5 Å². The summed E-state index contributed by atoms with van der Waals surface area (Å²) in [5, 5.41) is 2.48. The Hall–Kier alpha value is -5.74. The molecule has 4 heteroatoms. The smallest absolute Gasteiger partial charge is 0.0979 e. The molecule has 0 aliphatic heterocycles. The fraction of sp³-hybridized carbons (Fsp3) is 0.296. The van der Waals surface area contributed by atoms with Crippen molar-refractivity contribution in [1.82, 2.24) is 0 Å². The summed E-state index contributed by atoms with van der Waals surface area (Å²) in [7, 11) is 0. The number of aliphatic imine (C=N–C) groups is 4. The van der Waals surface area contributed by atoms with Crippen molar-refractivity contribution in [2.75, 3.05) is 0 Å². The highest BCUT2D eigenvalue weighted by molar-refractivity contribution is 6.61. The maximum atomic E-state index is 5.28. The van der Waals surface area contributed by atoms with E-state index < -0.39 is 0 Å². The molecule has 7 rings (SSSR count). The molecule has 0 amide bonds. The fourth-order valence-corrected chi connectivity index (χ4v) is 8.35. The molecule has 58 heavy (non-hydrogen) atoms. The maximum Gasteiger partial charge on any atom is 0.0979 e. The fourth-order valence-electron chi connectivity index (χ4n) is 8.35. The van der Waals surface area contributed by atoms with Crippen LogP contribution < -0.4 is 0 Å². The van der Waals surface area contributed by atoms with E-state index in [9.17, 15) is 0 Å². The molecule has 4 nitrogen and oxygen atoms in total. The van der Waals surface area contributed by atoms with E-state index in [2.05, 4.69) is 180 Å². The van der Waals surface area contributed by atoms with E-state index in [0.29, 0.717) is 0 Å². The third-order valence-electron chi connectivity index (χ3n) is 11.4. The molecule has 6 aromatic carbocycles. The largest absolute Gasteiger partial charge is 0.251 e. The topological polar surface area (TPSA) is 49.4 Å². The van der Waals surface area contributed by atoms with E-state index in [0.717, 1.165) is 71.3 Å². The van der Waals surface area contributed by atoms with Crippen molar-refractivity contribution < 1.29 is 0 Å². The minimum absolute atomic E-state index is 0.964. The summed E-state index contributed by atoms with van der Waals surface area (Å²) >= 11 is 0. The van der Waals surface area contributed by atoms with Crippen LogP contribution in [0.25, 0.3) is 10.8 Å². The van der Waals surface area contributed by atoms with Crippen LogP contribution in [0.5, 0.6) is 0 Å². The number of para-hydroxylation sites is 2. The lowest BCUT2D eigenvalue weighted by Gasteiger charge is -2.12. The molecule has 0 radical (unpaired) electrons. The minimum Gasteiger partial charge on any atom is -0.251 e. The maximum absolute atomic E-state index is 5.28. The number of hydrogen-bond acceptors (Lipinski definition) is 4. The van der Waals surface area contributed by atoms with Gasteiger partial charge in [0.15, 0.2) is 0 Å². The van der Waals surface area contributed by atoms with Gasteiger partial charge in [-0.1, -0.05) is 136 Å². The summed E-state index contributed by atoms with van der Waals surface area (Å²) in [6.45, 7) is 25.8. The summed E-state index contributed by atoms with van der Waals surface area (Å²) in [6.07, 6.45) is 3.98. The lowest BCUT2D eigenvalue weighted by molar-refractivity contribution is 1.08. The summed E-state index contributed by atoms with van der Waals surface area (Å²) in [4.78, 5) is 20.5. The Kier molecular flexibility index (Phi) is 13.2. The standard InChI is InChI=1S/C30H28N2.C24H32N2/c1-17-13-19(3)27(20(4)14-17)31-29-24-11-7-9-23-10-8-12-25(26(23)24)30(29)32-28-21(5)15-18(2)16-22(28)6;1-7-19-13-11-14-20(8-2)23(19)25-17(5)18(6)26-24-21(9-3)15-12-16-22(24)10-4/h7-16H,1-6H3;11-16H,7-10H2,1-6H3. The number of aryl methyl sites for hydroxylation is 10. The van der Waals surface area contributed by atoms with Gasteiger partial charge in [-0.2, -0.15) is 0 Å². The first-order valence-corrected chi connectivity index (χ1v) is 21.1. The molecule has 0 saturated heterocycles. The lowest BCUT2D eigenvalue weighted by Crippen LogP contribution is -2.11. The van der Waals surface area contributed by atoms with Gasteiger partial charge in [-0.15, -0.1) is 0 Å². The van der Waals surface area contributed by atoms with Crippen molar-refractivity contribution in [2.24, 2.45) is 20.0 Å². The summed E-state index contributed by atoms with van der Waals surface area (Å²) in [6, 6.07) is 34.8. The highest BCUT2D eigenvalue weighted by Gasteiger charge is 2.28. The van der Waals surface area contributed by atoms with Gasteiger partial charge in [-0.05, 0) is 131 Å². The summed E-state index contributed by atoms with van der Waals surface area (Å²) in [5.74, 6) is 0. The van der Waals surface area contributed by atoms with E-state index in [1.807, 2.05) is 0 Å². The van der Waals surface area contributed by atoms with Crippen LogP contribution in [0.4, 0.5) is 22.7 Å². The van der Waals surface area contributed by atoms with Gasteiger partial charge in [0.1, 0.15) is 0 Å². The molecule has 0 N–H and O–H groups in total. The molecule has 0 aromatic heterocycles. The Labute approximate surface area is 347 Å². The lowest BCUT2D eigenvalue weighted by atomic mass is 10.0. The quantitative estimate of drug-likeness (QED) is 0.132. The van der Waals surface area contributed by atoms with E-state index in [1.54, 1.807) is 0 Å². The zero-order chi connectivity index (χ0) is 41.7. The van der Waals surface area contributed by atoms with Crippen LogP contribution in [0.2, 0.25) is 0 Å². The van der Waals surface area contributed by atoms with Crippen molar-refractivity contribution in [3.8, 4) is 0 Å². The van der Waals surface area contributed by atoms with Gasteiger partial charge in [0.05, 0.1) is 45.6 Å². The highest BCUT2D eigenvalue weighted by Crippen LogP contribution is 2.37. The van der Waals surface area contributed by atoms with Gasteiger partial charge in [0.2, 0.25) is 0 Å². The van der Waals surface area contributed by atoms with Crippen molar-refractivity contribution in [2.45, 2.75) is 109 Å². The molecule has 6 aromatic rings. The van der Waals surface area contributed by atoms with Gasteiger partial charge in [-0.3, -0.25) is 9.98 Å². The first-order chi connectivity index (χ1) is 27.9. The molecule has 1 aliphatic rings. The number of hydrogen-bond donors (Lipinski definition) is 0. The second kappa shape index (κ2) is 18.2. The van der Waals surface area contributed by atoms with Crippen molar-refractivity contribution in [1.29, 1.82) is 0 Å². The zero-order valence-electron chi connectivity index (χ0n) is 36.9. The Morgan fingerprint density at radius 2 is 0.724 bits per heavy atom. The number of nitrogens with zero attached hydrogens (tertiary/aromatic N) is 4. The molecular formula is C54H60N4. The van der Waals surface area contributed by atoms with Crippen LogP contribution in [-0.4, -0.2) is 22.8 Å². The van der Waals surface area contributed by atoms with Gasteiger partial charge in [0.25, 0.3) is 0 Å². The molecule has 0 saturated carbocycles. The molecule has 296 valence electrons. The number of benzene rings is 6. The molecular weight excluding hydrogens is 705 g/mol. The third kappa shape index (κ3) is 8.72. The van der Waals surface area contributed by atoms with Gasteiger partial charge in [0, 0.05) is 16.5 Å². The van der Waals surface area contributed by atoms with Crippen LogP contribution in [0.3, 0.4) is 0 Å². The van der Waals surface area contributed by atoms with Crippen LogP contribution >= 0.6 is 0 Å². The second-order valence-electron chi connectivity index (χ2n) is 15.8. The Balaban J connectivity index is 0.000000201. The number of rotatable bonds is 9. The van der Waals surface area contributed by atoms with Crippen molar-refractivity contribution in [3.05, 3.63) is 164 Å². The molecule has 0 bridgehead atoms. The predicted molar refractivity (Wildman–Crippen MR) is 254 cm³/mol. The minimum atomic E-state index is 0.964. The second-order valence-corrected chi connectivity index (χ2v) is 15.8. The molecule has 0 atom stereocenters. The zero-order valence-corrected chi connectivity index (χ0v) is 36.9. The van der Waals surface area contributed by atoms with Crippen molar-refractivity contribution >= 4 is 56.4 Å². The average molecular weight is 765 g/mol. The average Bonchev–Trinajstić information content (AvgIpc) is 3.50. The van der Waals surface area contributed by atoms with Crippen LogP contribution in [0, 0.1) is 41.5 Å². The van der Waals surface area contributed by atoms with Gasteiger partial charge >= 0.3 is 0 Å². The molecule has 0 fully saturated rings. The molecule has 0 heterocycles. The summed E-state index contributed by atoms with van der Waals surface area (Å²) < 4.78 is 0. The van der Waals surface area contributed by atoms with Crippen molar-refractivity contribution in [3.63, 3.8) is 0 Å². The van der Waals surface area contributed by atoms with Crippen LogP contribution in [0.15, 0.2) is 117 Å². The van der Waals surface area contributed by atoms with Gasteiger partial charge in [-0.25, -0.2) is 9.98 Å². The normalized spacial score (nSPS) is 14.1. The molecule has 1 aliphatic carbocycles.